The number of nitrogens with two attached hydrogens (primary N) is 1. The molecule has 1 aromatic carbocycles. The van der Waals surface area contributed by atoms with E-state index < -0.39 is 22.3 Å². The zero-order valence-electron chi connectivity index (χ0n) is 11.5. The Morgan fingerprint density at radius 1 is 1.50 bits per heavy atom. The van der Waals surface area contributed by atoms with Crippen LogP contribution in [-0.2, 0) is 4.79 Å². The van der Waals surface area contributed by atoms with E-state index in [9.17, 15) is 14.9 Å². The molecule has 1 aromatic rings. The Morgan fingerprint density at radius 2 is 2.10 bits per heavy atom. The molecule has 0 spiro atoms. The molecule has 1 atom stereocenters. The fraction of sp³-hybridized carbons (Fsp3) is 0.385. The average molecular weight is 276 g/mol. The average Bonchev–Trinajstić information content (AvgIpc) is 2.36. The minimum Gasteiger partial charge on any atom is -0.319 e. The highest BCUT2D eigenvalue weighted by Gasteiger charge is 2.29. The number of rotatable bonds is 3. The van der Waals surface area contributed by atoms with Gasteiger partial charge < -0.3 is 11.1 Å². The standard InChI is InChI=1S/C13H16N4O3/c1-13(2,3)11(15)12(18)16-9-5-4-8(7-14)6-10(9)17(19)20/h4-6,11H,15H2,1-3H3,(H,16,18)/t11-/m0/s1. The van der Waals surface area contributed by atoms with E-state index in [0.717, 1.165) is 6.07 Å². The van der Waals surface area contributed by atoms with E-state index in [4.69, 9.17) is 11.0 Å². The third kappa shape index (κ3) is 3.52. The second-order valence-electron chi connectivity index (χ2n) is 5.43. The zero-order valence-corrected chi connectivity index (χ0v) is 11.5. The highest BCUT2D eigenvalue weighted by atomic mass is 16.6. The van der Waals surface area contributed by atoms with Crippen molar-refractivity contribution in [3.63, 3.8) is 0 Å². The number of nitrogens with one attached hydrogen (secondary N) is 1. The third-order valence-corrected chi connectivity index (χ3v) is 2.80. The number of hydrogen-bond acceptors (Lipinski definition) is 5. The molecule has 0 radical (unpaired) electrons. The lowest BCUT2D eigenvalue weighted by atomic mass is 9.87. The number of nitro benzene ring substituents is 1. The van der Waals surface area contributed by atoms with Gasteiger partial charge in [0.25, 0.3) is 5.69 Å². The maximum Gasteiger partial charge on any atom is 0.294 e. The molecule has 0 unspecified atom stereocenters. The molecule has 0 heterocycles. The quantitative estimate of drug-likeness (QED) is 0.643. The van der Waals surface area contributed by atoms with Crippen LogP contribution in [-0.4, -0.2) is 16.9 Å². The fourth-order valence-corrected chi connectivity index (χ4v) is 1.46. The SMILES string of the molecule is CC(C)(C)[C@@H](N)C(=O)Nc1ccc(C#N)cc1[N+](=O)[O-]. The lowest BCUT2D eigenvalue weighted by Crippen LogP contribution is -2.45. The van der Waals surface area contributed by atoms with E-state index >= 15 is 0 Å². The summed E-state index contributed by atoms with van der Waals surface area (Å²) in [6.45, 7) is 5.39. The number of anilines is 1. The summed E-state index contributed by atoms with van der Waals surface area (Å²) in [6.07, 6.45) is 0. The first-order valence-electron chi connectivity index (χ1n) is 5.92. The minimum atomic E-state index is -0.808. The van der Waals surface area contributed by atoms with E-state index in [0.29, 0.717) is 0 Å². The molecule has 0 aliphatic heterocycles. The van der Waals surface area contributed by atoms with Gasteiger partial charge in [-0.1, -0.05) is 20.8 Å². The van der Waals surface area contributed by atoms with Gasteiger partial charge in [0.1, 0.15) is 5.69 Å². The van der Waals surface area contributed by atoms with Crippen molar-refractivity contribution in [3.05, 3.63) is 33.9 Å². The first-order chi connectivity index (χ1) is 9.16. The smallest absolute Gasteiger partial charge is 0.294 e. The molecule has 1 amide bonds. The lowest BCUT2D eigenvalue weighted by molar-refractivity contribution is -0.384. The van der Waals surface area contributed by atoms with Crippen molar-refractivity contribution in [2.45, 2.75) is 26.8 Å². The monoisotopic (exact) mass is 276 g/mol. The van der Waals surface area contributed by atoms with Gasteiger partial charge in [-0.3, -0.25) is 14.9 Å². The van der Waals surface area contributed by atoms with E-state index in [1.807, 2.05) is 6.07 Å². The molecule has 0 saturated heterocycles. The van der Waals surface area contributed by atoms with E-state index in [1.54, 1.807) is 20.8 Å². The van der Waals surface area contributed by atoms with Crippen LogP contribution >= 0.6 is 0 Å². The Hall–Kier alpha value is -2.46. The summed E-state index contributed by atoms with van der Waals surface area (Å²) in [5.41, 5.74) is 5.16. The molecule has 106 valence electrons. The van der Waals surface area contributed by atoms with Crippen molar-refractivity contribution in [2.24, 2.45) is 11.1 Å². The van der Waals surface area contributed by atoms with Crippen LogP contribution in [0.25, 0.3) is 0 Å². The van der Waals surface area contributed by atoms with Crippen molar-refractivity contribution in [1.29, 1.82) is 5.26 Å². The number of benzene rings is 1. The van der Waals surface area contributed by atoms with Crippen LogP contribution in [0.15, 0.2) is 18.2 Å². The largest absolute Gasteiger partial charge is 0.319 e. The van der Waals surface area contributed by atoms with Gasteiger partial charge in [0.15, 0.2) is 0 Å². The molecule has 3 N–H and O–H groups in total. The number of carbonyl (C=O) groups excluding carboxylic acids is 1. The Labute approximate surface area is 116 Å². The molecule has 7 heteroatoms. The van der Waals surface area contributed by atoms with Crippen molar-refractivity contribution < 1.29 is 9.72 Å². The first kappa shape index (κ1) is 15.6. The lowest BCUT2D eigenvalue weighted by Gasteiger charge is -2.25. The molecule has 0 fully saturated rings. The van der Waals surface area contributed by atoms with Crippen LogP contribution in [0.3, 0.4) is 0 Å². The van der Waals surface area contributed by atoms with Crippen molar-refractivity contribution in [1.82, 2.24) is 0 Å². The predicted molar refractivity (Wildman–Crippen MR) is 73.9 cm³/mol. The molecular formula is C13H16N4O3. The minimum absolute atomic E-state index is 0.0266. The van der Waals surface area contributed by atoms with E-state index in [-0.39, 0.29) is 16.9 Å². The topological polar surface area (TPSA) is 122 Å². The van der Waals surface area contributed by atoms with Crippen molar-refractivity contribution in [2.75, 3.05) is 5.32 Å². The molecule has 20 heavy (non-hydrogen) atoms. The molecule has 0 aliphatic carbocycles. The van der Waals surface area contributed by atoms with Gasteiger partial charge in [-0.05, 0) is 17.5 Å². The summed E-state index contributed by atoms with van der Waals surface area (Å²) in [7, 11) is 0. The fourth-order valence-electron chi connectivity index (χ4n) is 1.46. The molecule has 1 rings (SSSR count). The number of nitriles is 1. The molecule has 0 bridgehead atoms. The third-order valence-electron chi connectivity index (χ3n) is 2.80. The first-order valence-corrected chi connectivity index (χ1v) is 5.92. The number of nitro groups is 1. The number of amides is 1. The van der Waals surface area contributed by atoms with Gasteiger partial charge >= 0.3 is 0 Å². The summed E-state index contributed by atoms with van der Waals surface area (Å²) in [4.78, 5) is 22.3. The predicted octanol–water partition coefficient (Wildman–Crippen LogP) is 1.78. The number of nitrogens with zero attached hydrogens (tertiary/aromatic N) is 2. The van der Waals surface area contributed by atoms with E-state index in [2.05, 4.69) is 5.32 Å². The van der Waals surface area contributed by atoms with Crippen LogP contribution in [0.5, 0.6) is 0 Å². The maximum absolute atomic E-state index is 12.0. The van der Waals surface area contributed by atoms with Crippen molar-refractivity contribution >= 4 is 17.3 Å². The Balaban J connectivity index is 3.07. The molecular weight excluding hydrogens is 260 g/mol. The summed E-state index contributed by atoms with van der Waals surface area (Å²) in [6, 6.07) is 4.83. The summed E-state index contributed by atoms with van der Waals surface area (Å²) in [5, 5.41) is 22.1. The van der Waals surface area contributed by atoms with Gasteiger partial charge in [-0.15, -0.1) is 0 Å². The normalized spacial score (nSPS) is 12.3. The van der Waals surface area contributed by atoms with Gasteiger partial charge in [0.2, 0.25) is 5.91 Å². The van der Waals surface area contributed by atoms with Crippen LogP contribution in [0.2, 0.25) is 0 Å². The maximum atomic E-state index is 12.0. The Morgan fingerprint density at radius 3 is 2.55 bits per heavy atom. The van der Waals surface area contributed by atoms with Gasteiger partial charge in [-0.2, -0.15) is 5.26 Å². The molecule has 0 aromatic heterocycles. The number of carbonyl (C=O) groups is 1. The van der Waals surface area contributed by atoms with Crippen LogP contribution in [0.1, 0.15) is 26.3 Å². The molecule has 0 saturated carbocycles. The second-order valence-corrected chi connectivity index (χ2v) is 5.43. The highest BCUT2D eigenvalue weighted by Crippen LogP contribution is 2.26. The summed E-state index contributed by atoms with van der Waals surface area (Å²) in [5.74, 6) is -0.509. The van der Waals surface area contributed by atoms with E-state index in [1.165, 1.54) is 12.1 Å². The van der Waals surface area contributed by atoms with Crippen molar-refractivity contribution in [3.8, 4) is 6.07 Å². The summed E-state index contributed by atoms with van der Waals surface area (Å²) >= 11 is 0. The van der Waals surface area contributed by atoms with Crippen LogP contribution in [0.4, 0.5) is 11.4 Å². The molecule has 0 aliphatic rings. The van der Waals surface area contributed by atoms with Gasteiger partial charge in [0.05, 0.1) is 22.6 Å². The van der Waals surface area contributed by atoms with Gasteiger partial charge in [0, 0.05) is 6.07 Å². The zero-order chi connectivity index (χ0) is 15.5. The second kappa shape index (κ2) is 5.67. The van der Waals surface area contributed by atoms with Crippen LogP contribution < -0.4 is 11.1 Å². The summed E-state index contributed by atoms with van der Waals surface area (Å²) < 4.78 is 0. The van der Waals surface area contributed by atoms with Gasteiger partial charge in [-0.25, -0.2) is 0 Å². The molecule has 7 nitrogen and oxygen atoms in total. The Bertz CT molecular complexity index is 584. The highest BCUT2D eigenvalue weighted by molar-refractivity contribution is 5.97. The number of hydrogen-bond donors (Lipinski definition) is 2. The Kier molecular flexibility index (Phi) is 4.42. The van der Waals surface area contributed by atoms with Crippen LogP contribution in [0, 0.1) is 26.9 Å².